The van der Waals surface area contributed by atoms with Gasteiger partial charge in [-0.2, -0.15) is 9.61 Å². The number of carbonyl (C=O) groups is 1. The van der Waals surface area contributed by atoms with Crippen molar-refractivity contribution < 1.29 is 14.3 Å². The molecule has 0 bridgehead atoms. The zero-order chi connectivity index (χ0) is 20.4. The molecule has 1 N–H and O–H groups in total. The van der Waals surface area contributed by atoms with Gasteiger partial charge >= 0.3 is 0 Å². The number of benzene rings is 2. The van der Waals surface area contributed by atoms with Crippen molar-refractivity contribution in [3.05, 3.63) is 53.9 Å². The van der Waals surface area contributed by atoms with Gasteiger partial charge in [-0.1, -0.05) is 29.5 Å². The van der Waals surface area contributed by atoms with Crippen LogP contribution in [0.3, 0.4) is 0 Å². The van der Waals surface area contributed by atoms with Crippen molar-refractivity contribution >= 4 is 27.9 Å². The average molecular weight is 409 g/mol. The van der Waals surface area contributed by atoms with Crippen LogP contribution >= 0.6 is 11.3 Å². The van der Waals surface area contributed by atoms with Crippen molar-refractivity contribution in [2.45, 2.75) is 13.8 Å². The SMILES string of the molecule is COc1ccc(-c2nn3c(C)nnc3s2)cc1NC(=O)COc1ccccc1C. The van der Waals surface area contributed by atoms with Crippen molar-refractivity contribution in [1.29, 1.82) is 0 Å². The summed E-state index contributed by atoms with van der Waals surface area (Å²) in [5.41, 5.74) is 2.36. The van der Waals surface area contributed by atoms with Crippen LogP contribution in [0.25, 0.3) is 15.5 Å². The number of hydrogen-bond acceptors (Lipinski definition) is 7. The summed E-state index contributed by atoms with van der Waals surface area (Å²) in [5.74, 6) is 1.67. The Morgan fingerprint density at radius 3 is 2.72 bits per heavy atom. The fourth-order valence-electron chi connectivity index (χ4n) is 2.82. The minimum absolute atomic E-state index is 0.103. The van der Waals surface area contributed by atoms with Crippen LogP contribution < -0.4 is 14.8 Å². The van der Waals surface area contributed by atoms with Gasteiger partial charge in [0.2, 0.25) is 4.96 Å². The smallest absolute Gasteiger partial charge is 0.262 e. The van der Waals surface area contributed by atoms with Crippen LogP contribution in [0.1, 0.15) is 11.4 Å². The number of aromatic nitrogens is 4. The van der Waals surface area contributed by atoms with Gasteiger partial charge in [0, 0.05) is 5.56 Å². The molecular formula is C20H19N5O3S. The number of nitrogens with one attached hydrogen (secondary N) is 1. The van der Waals surface area contributed by atoms with E-state index in [-0.39, 0.29) is 12.5 Å². The molecule has 2 aromatic heterocycles. The molecule has 0 saturated heterocycles. The molecule has 0 aliphatic heterocycles. The van der Waals surface area contributed by atoms with Crippen LogP contribution in [0.2, 0.25) is 0 Å². The van der Waals surface area contributed by atoms with E-state index < -0.39 is 0 Å². The number of rotatable bonds is 6. The van der Waals surface area contributed by atoms with Gasteiger partial charge in [-0.3, -0.25) is 4.79 Å². The van der Waals surface area contributed by atoms with E-state index in [9.17, 15) is 4.79 Å². The molecular weight excluding hydrogens is 390 g/mol. The van der Waals surface area contributed by atoms with Crippen molar-refractivity contribution in [3.63, 3.8) is 0 Å². The van der Waals surface area contributed by atoms with Crippen molar-refractivity contribution in [3.8, 4) is 22.1 Å². The van der Waals surface area contributed by atoms with Gasteiger partial charge in [-0.15, -0.1) is 10.2 Å². The third-order valence-electron chi connectivity index (χ3n) is 4.32. The number of anilines is 1. The Balaban J connectivity index is 1.53. The molecule has 0 unspecified atom stereocenters. The van der Waals surface area contributed by atoms with Gasteiger partial charge in [0.05, 0.1) is 12.8 Å². The maximum absolute atomic E-state index is 12.4. The molecule has 0 spiro atoms. The van der Waals surface area contributed by atoms with E-state index in [0.717, 1.165) is 22.0 Å². The molecule has 0 aliphatic carbocycles. The van der Waals surface area contributed by atoms with Crippen LogP contribution in [0.15, 0.2) is 42.5 Å². The predicted molar refractivity (Wildman–Crippen MR) is 111 cm³/mol. The molecule has 4 aromatic rings. The van der Waals surface area contributed by atoms with Crippen LogP contribution in [0, 0.1) is 13.8 Å². The highest BCUT2D eigenvalue weighted by Gasteiger charge is 2.14. The minimum atomic E-state index is -0.280. The highest BCUT2D eigenvalue weighted by Crippen LogP contribution is 2.32. The first kappa shape index (κ1) is 18.9. The summed E-state index contributed by atoms with van der Waals surface area (Å²) in [4.78, 5) is 13.1. The van der Waals surface area contributed by atoms with Gasteiger partial charge in [-0.05, 0) is 43.7 Å². The third-order valence-corrected chi connectivity index (χ3v) is 5.27. The highest BCUT2D eigenvalue weighted by atomic mass is 32.1. The quantitative estimate of drug-likeness (QED) is 0.524. The van der Waals surface area contributed by atoms with Crippen molar-refractivity contribution in [2.75, 3.05) is 19.0 Å². The van der Waals surface area contributed by atoms with E-state index in [4.69, 9.17) is 9.47 Å². The molecule has 2 heterocycles. The average Bonchev–Trinajstić information content (AvgIpc) is 3.29. The predicted octanol–water partition coefficient (Wildman–Crippen LogP) is 3.50. The fourth-order valence-corrected chi connectivity index (χ4v) is 3.70. The molecule has 4 rings (SSSR count). The van der Waals surface area contributed by atoms with Gasteiger partial charge in [0.15, 0.2) is 12.4 Å². The largest absolute Gasteiger partial charge is 0.495 e. The number of ether oxygens (including phenoxy) is 2. The molecule has 148 valence electrons. The molecule has 0 fully saturated rings. The number of fused-ring (bicyclic) bond motifs is 1. The lowest BCUT2D eigenvalue weighted by atomic mass is 10.2. The second kappa shape index (κ2) is 7.88. The first-order valence-electron chi connectivity index (χ1n) is 8.90. The van der Waals surface area contributed by atoms with Gasteiger partial charge in [-0.25, -0.2) is 0 Å². The molecule has 1 amide bonds. The highest BCUT2D eigenvalue weighted by molar-refractivity contribution is 7.19. The Labute approximate surface area is 171 Å². The molecule has 8 nitrogen and oxygen atoms in total. The van der Waals surface area contributed by atoms with E-state index in [1.165, 1.54) is 11.3 Å². The van der Waals surface area contributed by atoms with Crippen molar-refractivity contribution in [2.24, 2.45) is 0 Å². The number of nitrogens with zero attached hydrogens (tertiary/aromatic N) is 4. The van der Waals surface area contributed by atoms with E-state index in [1.807, 2.05) is 50.2 Å². The normalized spacial score (nSPS) is 10.9. The summed E-state index contributed by atoms with van der Waals surface area (Å²) in [7, 11) is 1.56. The van der Waals surface area contributed by atoms with Crippen LogP contribution in [0.5, 0.6) is 11.5 Å². The Kier molecular flexibility index (Phi) is 5.13. The molecule has 9 heteroatoms. The zero-order valence-corrected chi connectivity index (χ0v) is 17.0. The summed E-state index contributed by atoms with van der Waals surface area (Å²) in [6, 6.07) is 13.1. The van der Waals surface area contributed by atoms with Gasteiger partial charge in [0.1, 0.15) is 16.5 Å². The first-order chi connectivity index (χ1) is 14.0. The standard InChI is InChI=1S/C20H19N5O3S/c1-12-6-4-5-7-16(12)28-11-18(26)21-15-10-14(8-9-17(15)27-3)19-24-25-13(2)22-23-20(25)29-19/h4-10H,11H2,1-3H3,(H,21,26). The lowest BCUT2D eigenvalue weighted by molar-refractivity contribution is -0.118. The Bertz CT molecular complexity index is 1180. The van der Waals surface area contributed by atoms with Crippen molar-refractivity contribution in [1.82, 2.24) is 19.8 Å². The van der Waals surface area contributed by atoms with E-state index in [0.29, 0.717) is 22.1 Å². The number of amides is 1. The maximum atomic E-state index is 12.4. The molecule has 2 aromatic carbocycles. The third kappa shape index (κ3) is 3.90. The molecule has 0 atom stereocenters. The van der Waals surface area contributed by atoms with Crippen LogP contribution in [-0.2, 0) is 4.79 Å². The summed E-state index contributed by atoms with van der Waals surface area (Å²) in [6.45, 7) is 3.67. The number of methoxy groups -OCH3 is 1. The monoisotopic (exact) mass is 409 g/mol. The lowest BCUT2D eigenvalue weighted by Gasteiger charge is -2.12. The summed E-state index contributed by atoms with van der Waals surface area (Å²) >= 11 is 1.42. The molecule has 0 saturated carbocycles. The topological polar surface area (TPSA) is 90.6 Å². The van der Waals surface area contributed by atoms with Gasteiger partial charge < -0.3 is 14.8 Å². The van der Waals surface area contributed by atoms with Crippen LogP contribution in [-0.4, -0.2) is 39.4 Å². The lowest BCUT2D eigenvalue weighted by Crippen LogP contribution is -2.20. The molecule has 0 aliphatic rings. The molecule has 29 heavy (non-hydrogen) atoms. The maximum Gasteiger partial charge on any atom is 0.262 e. The summed E-state index contributed by atoms with van der Waals surface area (Å²) < 4.78 is 12.7. The summed E-state index contributed by atoms with van der Waals surface area (Å²) in [5, 5.41) is 16.2. The second-order valence-corrected chi connectivity index (χ2v) is 7.32. The Hall–Kier alpha value is -3.46. The van der Waals surface area contributed by atoms with Gasteiger partial charge in [0.25, 0.3) is 5.91 Å². The Morgan fingerprint density at radius 1 is 1.14 bits per heavy atom. The van der Waals surface area contributed by atoms with Crippen LogP contribution in [0.4, 0.5) is 5.69 Å². The second-order valence-electron chi connectivity index (χ2n) is 6.37. The Morgan fingerprint density at radius 2 is 1.97 bits per heavy atom. The number of hydrogen-bond donors (Lipinski definition) is 1. The van der Waals surface area contributed by atoms with E-state index >= 15 is 0 Å². The fraction of sp³-hybridized carbons (Fsp3) is 0.200. The number of aryl methyl sites for hydroxylation is 2. The molecule has 0 radical (unpaired) electrons. The van der Waals surface area contributed by atoms with E-state index in [2.05, 4.69) is 20.6 Å². The number of para-hydroxylation sites is 1. The first-order valence-corrected chi connectivity index (χ1v) is 9.72. The van der Waals surface area contributed by atoms with E-state index in [1.54, 1.807) is 17.7 Å². The zero-order valence-electron chi connectivity index (χ0n) is 16.2. The summed E-state index contributed by atoms with van der Waals surface area (Å²) in [6.07, 6.45) is 0. The number of carbonyl (C=O) groups excluding carboxylic acids is 1. The minimum Gasteiger partial charge on any atom is -0.495 e.